The number of likely N-dealkylation sites (tertiary alicyclic amines) is 1. The Morgan fingerprint density at radius 1 is 1.31 bits per heavy atom. The number of anilines is 1. The number of hydrogen-bond acceptors (Lipinski definition) is 4. The minimum atomic E-state index is 0.152. The summed E-state index contributed by atoms with van der Waals surface area (Å²) >= 11 is 0. The lowest BCUT2D eigenvalue weighted by atomic mass is 9.86. The number of hydrogen-bond donors (Lipinski definition) is 1. The molecule has 142 valence electrons. The minimum Gasteiger partial charge on any atom is -0.494 e. The van der Waals surface area contributed by atoms with E-state index >= 15 is 0 Å². The lowest BCUT2D eigenvalue weighted by Crippen LogP contribution is -2.29. The monoisotopic (exact) mass is 357 g/mol. The molecule has 3 aliphatic heterocycles. The van der Waals surface area contributed by atoms with E-state index in [0.717, 1.165) is 63.1 Å². The van der Waals surface area contributed by atoms with Gasteiger partial charge < -0.3 is 19.9 Å². The van der Waals surface area contributed by atoms with E-state index in [1.807, 2.05) is 29.2 Å². The summed E-state index contributed by atoms with van der Waals surface area (Å²) in [4.78, 5) is 17.0. The van der Waals surface area contributed by atoms with E-state index in [-0.39, 0.29) is 11.3 Å². The number of rotatable bonds is 6. The van der Waals surface area contributed by atoms with Gasteiger partial charge in [-0.2, -0.15) is 0 Å². The van der Waals surface area contributed by atoms with Crippen LogP contribution in [0.15, 0.2) is 24.3 Å². The van der Waals surface area contributed by atoms with Crippen LogP contribution in [0.2, 0.25) is 0 Å². The summed E-state index contributed by atoms with van der Waals surface area (Å²) in [6, 6.07) is 8.78. The summed E-state index contributed by atoms with van der Waals surface area (Å²) < 4.78 is 5.90. The second-order valence-electron chi connectivity index (χ2n) is 8.31. The SMILES string of the molecule is C[C@@H]1CCCN1CCCOc1ccc(N2C[C@]3(CCNC3)CC2=O)cc1. The van der Waals surface area contributed by atoms with Crippen molar-refractivity contribution in [1.82, 2.24) is 10.2 Å². The van der Waals surface area contributed by atoms with Gasteiger partial charge in [0.25, 0.3) is 0 Å². The van der Waals surface area contributed by atoms with Crippen molar-refractivity contribution in [1.29, 1.82) is 0 Å². The maximum absolute atomic E-state index is 12.4. The summed E-state index contributed by atoms with van der Waals surface area (Å²) in [5.74, 6) is 1.15. The van der Waals surface area contributed by atoms with Crippen LogP contribution >= 0.6 is 0 Å². The Bertz CT molecular complexity index is 625. The molecule has 0 radical (unpaired) electrons. The molecule has 5 nitrogen and oxygen atoms in total. The molecule has 0 aromatic heterocycles. The van der Waals surface area contributed by atoms with Crippen molar-refractivity contribution in [3.05, 3.63) is 24.3 Å². The number of ether oxygens (including phenoxy) is 1. The largest absolute Gasteiger partial charge is 0.494 e. The molecule has 0 aliphatic carbocycles. The molecule has 3 heterocycles. The van der Waals surface area contributed by atoms with Crippen molar-refractivity contribution < 1.29 is 9.53 Å². The average molecular weight is 357 g/mol. The molecule has 3 aliphatic rings. The predicted octanol–water partition coefficient (Wildman–Crippen LogP) is 2.66. The van der Waals surface area contributed by atoms with Crippen LogP contribution in [0.5, 0.6) is 5.75 Å². The molecular weight excluding hydrogens is 326 g/mol. The van der Waals surface area contributed by atoms with E-state index in [2.05, 4.69) is 17.1 Å². The van der Waals surface area contributed by atoms with Gasteiger partial charge in [-0.15, -0.1) is 0 Å². The fraction of sp³-hybridized carbons (Fsp3) is 0.667. The van der Waals surface area contributed by atoms with Gasteiger partial charge in [-0.05, 0) is 70.0 Å². The number of nitrogens with one attached hydrogen (secondary N) is 1. The molecule has 26 heavy (non-hydrogen) atoms. The van der Waals surface area contributed by atoms with Gasteiger partial charge in [0.2, 0.25) is 5.91 Å². The Hall–Kier alpha value is -1.59. The Balaban J connectivity index is 1.26. The summed E-state index contributed by atoms with van der Waals surface area (Å²) in [7, 11) is 0. The van der Waals surface area contributed by atoms with Gasteiger partial charge in [0.15, 0.2) is 0 Å². The number of benzene rings is 1. The normalized spacial score (nSPS) is 29.2. The van der Waals surface area contributed by atoms with E-state index in [1.54, 1.807) is 0 Å². The number of nitrogens with zero attached hydrogens (tertiary/aromatic N) is 2. The van der Waals surface area contributed by atoms with Gasteiger partial charge in [0, 0.05) is 43.2 Å². The summed E-state index contributed by atoms with van der Waals surface area (Å²) in [5, 5.41) is 3.41. The molecule has 3 saturated heterocycles. The molecule has 1 spiro atoms. The quantitative estimate of drug-likeness (QED) is 0.795. The number of carbonyl (C=O) groups excluding carboxylic acids is 1. The average Bonchev–Trinajstić information content (AvgIpc) is 3.34. The van der Waals surface area contributed by atoms with Gasteiger partial charge in [0.05, 0.1) is 6.61 Å². The van der Waals surface area contributed by atoms with Gasteiger partial charge in [-0.3, -0.25) is 4.79 Å². The lowest BCUT2D eigenvalue weighted by Gasteiger charge is -2.22. The van der Waals surface area contributed by atoms with Crippen LogP contribution in [0.1, 0.15) is 39.0 Å². The zero-order chi connectivity index (χ0) is 18.0. The standard InChI is InChI=1S/C21H31N3O2/c1-17-4-2-11-23(17)12-3-13-26-19-7-5-18(6-8-19)24-16-21(14-20(24)25)9-10-22-15-21/h5-8,17,22H,2-4,9-16H2,1H3/t17-,21-/m1/s1. The van der Waals surface area contributed by atoms with Crippen LogP contribution < -0.4 is 15.0 Å². The molecule has 4 rings (SSSR count). The molecule has 2 atom stereocenters. The predicted molar refractivity (Wildman–Crippen MR) is 104 cm³/mol. The van der Waals surface area contributed by atoms with Crippen LogP contribution in [0.4, 0.5) is 5.69 Å². The number of amides is 1. The third kappa shape index (κ3) is 3.74. The first-order valence-electron chi connectivity index (χ1n) is 10.1. The molecule has 1 aromatic rings. The molecule has 0 unspecified atom stereocenters. The summed E-state index contributed by atoms with van der Waals surface area (Å²) in [6.07, 6.45) is 5.50. The highest BCUT2D eigenvalue weighted by atomic mass is 16.5. The number of carbonyl (C=O) groups is 1. The zero-order valence-electron chi connectivity index (χ0n) is 15.9. The maximum Gasteiger partial charge on any atom is 0.227 e. The first-order chi connectivity index (χ1) is 12.7. The van der Waals surface area contributed by atoms with Crippen molar-refractivity contribution in [2.75, 3.05) is 44.2 Å². The Kier molecular flexibility index (Phi) is 5.18. The lowest BCUT2D eigenvalue weighted by molar-refractivity contribution is -0.117. The fourth-order valence-electron chi connectivity index (χ4n) is 4.72. The smallest absolute Gasteiger partial charge is 0.227 e. The van der Waals surface area contributed by atoms with E-state index in [9.17, 15) is 4.79 Å². The van der Waals surface area contributed by atoms with Gasteiger partial charge in [-0.25, -0.2) is 0 Å². The van der Waals surface area contributed by atoms with Crippen LogP contribution in [-0.2, 0) is 4.79 Å². The first kappa shape index (κ1) is 17.8. The molecule has 1 amide bonds. The second kappa shape index (κ2) is 7.57. The molecule has 0 saturated carbocycles. The zero-order valence-corrected chi connectivity index (χ0v) is 15.9. The van der Waals surface area contributed by atoms with E-state index in [1.165, 1.54) is 19.4 Å². The third-order valence-corrected chi connectivity index (χ3v) is 6.35. The molecular formula is C21H31N3O2. The van der Waals surface area contributed by atoms with Crippen LogP contribution in [0.25, 0.3) is 0 Å². The van der Waals surface area contributed by atoms with E-state index in [4.69, 9.17) is 4.74 Å². The third-order valence-electron chi connectivity index (χ3n) is 6.35. The van der Waals surface area contributed by atoms with E-state index < -0.39 is 0 Å². The van der Waals surface area contributed by atoms with Crippen molar-refractivity contribution >= 4 is 11.6 Å². The van der Waals surface area contributed by atoms with Crippen molar-refractivity contribution in [2.45, 2.75) is 45.1 Å². The Labute approximate surface area is 156 Å². The van der Waals surface area contributed by atoms with Crippen molar-refractivity contribution in [3.8, 4) is 5.75 Å². The molecule has 0 bridgehead atoms. The highest BCUT2D eigenvalue weighted by Crippen LogP contribution is 2.39. The summed E-state index contributed by atoms with van der Waals surface area (Å²) in [6.45, 7) is 8.26. The Morgan fingerprint density at radius 2 is 2.15 bits per heavy atom. The van der Waals surface area contributed by atoms with Crippen LogP contribution in [-0.4, -0.2) is 56.2 Å². The van der Waals surface area contributed by atoms with Gasteiger partial charge in [-0.1, -0.05) is 0 Å². The van der Waals surface area contributed by atoms with Crippen molar-refractivity contribution in [2.24, 2.45) is 5.41 Å². The van der Waals surface area contributed by atoms with Gasteiger partial charge >= 0.3 is 0 Å². The van der Waals surface area contributed by atoms with Gasteiger partial charge in [0.1, 0.15) is 5.75 Å². The highest BCUT2D eigenvalue weighted by molar-refractivity contribution is 5.96. The highest BCUT2D eigenvalue weighted by Gasteiger charge is 2.45. The van der Waals surface area contributed by atoms with Crippen molar-refractivity contribution in [3.63, 3.8) is 0 Å². The second-order valence-corrected chi connectivity index (χ2v) is 8.31. The Morgan fingerprint density at radius 3 is 2.85 bits per heavy atom. The molecule has 3 fully saturated rings. The maximum atomic E-state index is 12.4. The summed E-state index contributed by atoms with van der Waals surface area (Å²) in [5.41, 5.74) is 1.15. The first-order valence-corrected chi connectivity index (χ1v) is 10.1. The molecule has 5 heteroatoms. The molecule has 1 N–H and O–H groups in total. The topological polar surface area (TPSA) is 44.8 Å². The minimum absolute atomic E-state index is 0.152. The molecule has 1 aromatic carbocycles. The fourth-order valence-corrected chi connectivity index (χ4v) is 4.72. The van der Waals surface area contributed by atoms with E-state index in [0.29, 0.717) is 6.42 Å². The van der Waals surface area contributed by atoms with Crippen LogP contribution in [0.3, 0.4) is 0 Å². The van der Waals surface area contributed by atoms with Crippen LogP contribution in [0, 0.1) is 5.41 Å².